The van der Waals surface area contributed by atoms with E-state index in [9.17, 15) is 4.79 Å². The highest BCUT2D eigenvalue weighted by Gasteiger charge is 2.17. The number of halogens is 1. The highest BCUT2D eigenvalue weighted by Crippen LogP contribution is 2.22. The second-order valence-corrected chi connectivity index (χ2v) is 7.93. The van der Waals surface area contributed by atoms with Crippen molar-refractivity contribution in [3.8, 4) is 0 Å². The zero-order valence-electron chi connectivity index (χ0n) is 13.8. The van der Waals surface area contributed by atoms with Crippen LogP contribution >= 0.6 is 22.9 Å². The zero-order chi connectivity index (χ0) is 16.7. The van der Waals surface area contributed by atoms with E-state index in [4.69, 9.17) is 11.6 Å². The van der Waals surface area contributed by atoms with Crippen LogP contribution in [0.1, 0.15) is 24.6 Å². The van der Waals surface area contributed by atoms with Crippen molar-refractivity contribution in [2.75, 3.05) is 32.7 Å². The van der Waals surface area contributed by atoms with Crippen LogP contribution in [0.5, 0.6) is 0 Å². The lowest BCUT2D eigenvalue weighted by atomic mass is 9.99. The molecule has 0 saturated carbocycles. The van der Waals surface area contributed by atoms with Gasteiger partial charge in [-0.1, -0.05) is 24.6 Å². The number of rotatable bonds is 7. The van der Waals surface area contributed by atoms with Crippen molar-refractivity contribution in [1.29, 1.82) is 0 Å². The van der Waals surface area contributed by atoms with Gasteiger partial charge in [0.2, 0.25) is 0 Å². The molecule has 1 aliphatic heterocycles. The van der Waals surface area contributed by atoms with Crippen molar-refractivity contribution in [2.45, 2.75) is 26.3 Å². The van der Waals surface area contributed by atoms with Gasteiger partial charge in [-0.15, -0.1) is 17.9 Å². The molecule has 128 valence electrons. The largest absolute Gasteiger partial charge is 0.337 e. The van der Waals surface area contributed by atoms with Gasteiger partial charge in [0.15, 0.2) is 0 Å². The van der Waals surface area contributed by atoms with Gasteiger partial charge in [0, 0.05) is 24.5 Å². The fourth-order valence-electron chi connectivity index (χ4n) is 2.72. The van der Waals surface area contributed by atoms with Gasteiger partial charge in [-0.25, -0.2) is 4.79 Å². The molecular weight excluding hydrogens is 330 g/mol. The maximum absolute atomic E-state index is 12.4. The standard InChI is InChI=1S/C17H26ClN3OS/c1-3-9-21(13-15-4-5-16(18)23-15)17(22)19-8-12-20-10-6-14(2)7-11-20/h3-5,14H,1,6-13H2,2H3,(H,19,22). The molecule has 0 unspecified atom stereocenters. The van der Waals surface area contributed by atoms with Gasteiger partial charge in [0.1, 0.15) is 0 Å². The molecule has 1 aliphatic rings. The molecule has 1 N–H and O–H groups in total. The van der Waals surface area contributed by atoms with E-state index >= 15 is 0 Å². The maximum Gasteiger partial charge on any atom is 0.318 e. The summed E-state index contributed by atoms with van der Waals surface area (Å²) in [5.41, 5.74) is 0. The van der Waals surface area contributed by atoms with E-state index in [-0.39, 0.29) is 6.03 Å². The first-order chi connectivity index (χ1) is 11.1. The van der Waals surface area contributed by atoms with Crippen LogP contribution in [-0.2, 0) is 6.54 Å². The van der Waals surface area contributed by atoms with Crippen molar-refractivity contribution in [3.63, 3.8) is 0 Å². The van der Waals surface area contributed by atoms with E-state index in [0.29, 0.717) is 19.6 Å². The molecular formula is C17H26ClN3OS. The van der Waals surface area contributed by atoms with E-state index in [2.05, 4.69) is 23.7 Å². The summed E-state index contributed by atoms with van der Waals surface area (Å²) in [6.07, 6.45) is 4.27. The molecule has 2 rings (SSSR count). The lowest BCUT2D eigenvalue weighted by Gasteiger charge is -2.30. The average Bonchev–Trinajstić information content (AvgIpc) is 2.94. The number of hydrogen-bond acceptors (Lipinski definition) is 3. The molecule has 23 heavy (non-hydrogen) atoms. The number of likely N-dealkylation sites (tertiary alicyclic amines) is 1. The molecule has 4 nitrogen and oxygen atoms in total. The third kappa shape index (κ3) is 6.16. The van der Waals surface area contributed by atoms with Crippen molar-refractivity contribution < 1.29 is 4.79 Å². The van der Waals surface area contributed by atoms with Crippen LogP contribution in [0.2, 0.25) is 4.34 Å². The quantitative estimate of drug-likeness (QED) is 0.754. The Kier molecular flexibility index (Phi) is 7.40. The summed E-state index contributed by atoms with van der Waals surface area (Å²) in [5, 5.41) is 3.02. The summed E-state index contributed by atoms with van der Waals surface area (Å²) in [7, 11) is 0. The topological polar surface area (TPSA) is 35.6 Å². The minimum atomic E-state index is -0.0419. The van der Waals surface area contributed by atoms with Gasteiger partial charge < -0.3 is 15.1 Å². The van der Waals surface area contributed by atoms with Gasteiger partial charge in [-0.3, -0.25) is 0 Å². The fourth-order valence-corrected chi connectivity index (χ4v) is 3.82. The van der Waals surface area contributed by atoms with Crippen LogP contribution < -0.4 is 5.32 Å². The predicted molar refractivity (Wildman–Crippen MR) is 98.2 cm³/mol. The van der Waals surface area contributed by atoms with Crippen LogP contribution in [0.3, 0.4) is 0 Å². The molecule has 6 heteroatoms. The predicted octanol–water partition coefficient (Wildman–Crippen LogP) is 3.83. The lowest BCUT2D eigenvalue weighted by molar-refractivity contribution is 0.182. The van der Waals surface area contributed by atoms with Crippen LogP contribution in [0.25, 0.3) is 0 Å². The summed E-state index contributed by atoms with van der Waals surface area (Å²) < 4.78 is 0.748. The first-order valence-corrected chi connectivity index (χ1v) is 9.38. The number of carbonyl (C=O) groups is 1. The Morgan fingerprint density at radius 2 is 2.26 bits per heavy atom. The Hall–Kier alpha value is -1.04. The third-order valence-electron chi connectivity index (χ3n) is 4.19. The molecule has 0 bridgehead atoms. The smallest absolute Gasteiger partial charge is 0.318 e. The summed E-state index contributed by atoms with van der Waals surface area (Å²) in [6.45, 7) is 11.0. The molecule has 0 atom stereocenters. The molecule has 1 aromatic heterocycles. The zero-order valence-corrected chi connectivity index (χ0v) is 15.3. The number of urea groups is 1. The number of piperidine rings is 1. The van der Waals surface area contributed by atoms with E-state index in [1.165, 1.54) is 24.2 Å². The van der Waals surface area contributed by atoms with E-state index in [1.807, 2.05) is 12.1 Å². The van der Waals surface area contributed by atoms with Crippen LogP contribution in [0.15, 0.2) is 24.8 Å². The monoisotopic (exact) mass is 355 g/mol. The average molecular weight is 356 g/mol. The number of thiophene rings is 1. The Morgan fingerprint density at radius 1 is 1.52 bits per heavy atom. The highest BCUT2D eigenvalue weighted by molar-refractivity contribution is 7.16. The number of carbonyl (C=O) groups excluding carboxylic acids is 1. The number of hydrogen-bond donors (Lipinski definition) is 1. The minimum absolute atomic E-state index is 0.0419. The third-order valence-corrected chi connectivity index (χ3v) is 5.41. The van der Waals surface area contributed by atoms with Crippen LogP contribution in [-0.4, -0.2) is 48.6 Å². The molecule has 0 aromatic carbocycles. The van der Waals surface area contributed by atoms with Crippen LogP contribution in [0.4, 0.5) is 4.79 Å². The van der Waals surface area contributed by atoms with Crippen molar-refractivity contribution in [3.05, 3.63) is 34.0 Å². The summed E-state index contributed by atoms with van der Waals surface area (Å²) in [5.74, 6) is 0.835. The molecule has 1 aromatic rings. The molecule has 2 heterocycles. The van der Waals surface area contributed by atoms with Gasteiger partial charge in [-0.05, 0) is 44.0 Å². The highest BCUT2D eigenvalue weighted by atomic mass is 35.5. The molecule has 0 spiro atoms. The van der Waals surface area contributed by atoms with Crippen molar-refractivity contribution >= 4 is 29.0 Å². The molecule has 2 amide bonds. The number of nitrogens with one attached hydrogen (secondary N) is 1. The van der Waals surface area contributed by atoms with Crippen molar-refractivity contribution in [2.24, 2.45) is 5.92 Å². The minimum Gasteiger partial charge on any atom is -0.337 e. The first-order valence-electron chi connectivity index (χ1n) is 8.18. The number of amides is 2. The Balaban J connectivity index is 1.75. The molecule has 0 aliphatic carbocycles. The lowest BCUT2D eigenvalue weighted by Crippen LogP contribution is -2.44. The SMILES string of the molecule is C=CCN(Cc1ccc(Cl)s1)C(=O)NCCN1CCC(C)CC1. The van der Waals surface area contributed by atoms with Gasteiger partial charge in [-0.2, -0.15) is 0 Å². The second kappa shape index (κ2) is 9.30. The number of nitrogens with zero attached hydrogens (tertiary/aromatic N) is 2. The van der Waals surface area contributed by atoms with Crippen LogP contribution in [0, 0.1) is 5.92 Å². The summed E-state index contributed by atoms with van der Waals surface area (Å²) >= 11 is 7.46. The molecule has 1 fully saturated rings. The van der Waals surface area contributed by atoms with Gasteiger partial charge in [0.25, 0.3) is 0 Å². The Morgan fingerprint density at radius 3 is 2.87 bits per heavy atom. The van der Waals surface area contributed by atoms with Gasteiger partial charge >= 0.3 is 6.03 Å². The van der Waals surface area contributed by atoms with Crippen molar-refractivity contribution in [1.82, 2.24) is 15.1 Å². The Labute approximate surface area is 148 Å². The molecule has 0 radical (unpaired) electrons. The summed E-state index contributed by atoms with van der Waals surface area (Å²) in [6, 6.07) is 3.79. The van der Waals surface area contributed by atoms with E-state index in [0.717, 1.165) is 34.8 Å². The van der Waals surface area contributed by atoms with Gasteiger partial charge in [0.05, 0.1) is 10.9 Å². The normalized spacial score (nSPS) is 16.3. The molecule has 1 saturated heterocycles. The first kappa shape index (κ1) is 18.3. The Bertz CT molecular complexity index is 512. The second-order valence-electron chi connectivity index (χ2n) is 6.13. The maximum atomic E-state index is 12.4. The summed E-state index contributed by atoms with van der Waals surface area (Å²) in [4.78, 5) is 17.6. The van der Waals surface area contributed by atoms with E-state index in [1.54, 1.807) is 11.0 Å². The van der Waals surface area contributed by atoms with E-state index < -0.39 is 0 Å². The fraction of sp³-hybridized carbons (Fsp3) is 0.588.